The van der Waals surface area contributed by atoms with Gasteiger partial charge in [0, 0.05) is 26.2 Å². The molecule has 1 atom stereocenters. The van der Waals surface area contributed by atoms with E-state index in [1.54, 1.807) is 6.92 Å². The summed E-state index contributed by atoms with van der Waals surface area (Å²) in [5.74, 6) is -0.299. The summed E-state index contributed by atoms with van der Waals surface area (Å²) in [7, 11) is 1.86. The summed E-state index contributed by atoms with van der Waals surface area (Å²) in [4.78, 5) is 16.6. The molecule has 1 saturated heterocycles. The van der Waals surface area contributed by atoms with E-state index >= 15 is 0 Å². The van der Waals surface area contributed by atoms with Gasteiger partial charge in [0.05, 0.1) is 10.9 Å². The van der Waals surface area contributed by atoms with Gasteiger partial charge in [-0.3, -0.25) is 4.79 Å². The minimum Gasteiger partial charge on any atom is -0.393 e. The Hall–Kier alpha value is -0.680. The van der Waals surface area contributed by atoms with E-state index in [-0.39, 0.29) is 16.8 Å². The lowest BCUT2D eigenvalue weighted by atomic mass is 10.0. The van der Waals surface area contributed by atoms with Crippen molar-refractivity contribution >= 4 is 23.1 Å². The predicted octanol–water partition coefficient (Wildman–Crippen LogP) is 0.851. The number of amides is 1. The van der Waals surface area contributed by atoms with Crippen molar-refractivity contribution in [3.05, 3.63) is 0 Å². The average Bonchev–Trinajstić information content (AvgIpc) is 2.36. The molecule has 0 aromatic carbocycles. The topological polar surface area (TPSA) is 49.6 Å². The van der Waals surface area contributed by atoms with Crippen molar-refractivity contribution in [2.24, 2.45) is 11.7 Å². The number of carbonyl (C=O) groups excluding carboxylic acids is 1. The summed E-state index contributed by atoms with van der Waals surface area (Å²) >= 11 is 4.87. The molecule has 0 aliphatic carbocycles. The van der Waals surface area contributed by atoms with Crippen molar-refractivity contribution in [1.82, 2.24) is 9.80 Å². The van der Waals surface area contributed by atoms with Gasteiger partial charge >= 0.3 is 0 Å². The largest absolute Gasteiger partial charge is 0.393 e. The maximum absolute atomic E-state index is 12.1. The van der Waals surface area contributed by atoms with E-state index in [4.69, 9.17) is 18.0 Å². The molecule has 0 bridgehead atoms. The number of nitrogens with zero attached hydrogens (tertiary/aromatic N) is 2. The van der Waals surface area contributed by atoms with Gasteiger partial charge in [-0.05, 0) is 26.3 Å². The van der Waals surface area contributed by atoms with E-state index in [2.05, 4.69) is 11.8 Å². The number of likely N-dealkylation sites (tertiary alicyclic amines) is 1. The molecule has 98 valence electrons. The molecule has 1 fully saturated rings. The molecular formula is C12H23N3OS. The van der Waals surface area contributed by atoms with Crippen molar-refractivity contribution in [3.8, 4) is 0 Å². The van der Waals surface area contributed by atoms with Crippen LogP contribution in [-0.4, -0.2) is 53.4 Å². The zero-order chi connectivity index (χ0) is 13.0. The molecule has 5 heteroatoms. The Morgan fingerprint density at radius 3 is 2.47 bits per heavy atom. The molecular weight excluding hydrogens is 234 g/mol. The van der Waals surface area contributed by atoms with Crippen LogP contribution in [-0.2, 0) is 4.79 Å². The van der Waals surface area contributed by atoms with Crippen molar-refractivity contribution in [1.29, 1.82) is 0 Å². The maximum Gasteiger partial charge on any atom is 0.232 e. The summed E-state index contributed by atoms with van der Waals surface area (Å²) in [6.45, 7) is 7.18. The summed E-state index contributed by atoms with van der Waals surface area (Å²) < 4.78 is 0. The van der Waals surface area contributed by atoms with Gasteiger partial charge in [0.1, 0.15) is 0 Å². The van der Waals surface area contributed by atoms with Gasteiger partial charge in [0.2, 0.25) is 5.91 Å². The lowest BCUT2D eigenvalue weighted by Crippen LogP contribution is -2.48. The van der Waals surface area contributed by atoms with Gasteiger partial charge in [0.25, 0.3) is 0 Å². The molecule has 1 unspecified atom stereocenters. The molecule has 1 aliphatic heterocycles. The predicted molar refractivity (Wildman–Crippen MR) is 73.9 cm³/mol. The van der Waals surface area contributed by atoms with Gasteiger partial charge in [0.15, 0.2) is 0 Å². The first kappa shape index (κ1) is 14.4. The minimum atomic E-state index is -0.348. The second kappa shape index (κ2) is 6.31. The molecule has 17 heavy (non-hydrogen) atoms. The van der Waals surface area contributed by atoms with Gasteiger partial charge in [-0.25, -0.2) is 0 Å². The SMILES string of the molecule is CCN1CCC(N(C)C(=O)C(C)C(N)=S)CC1. The summed E-state index contributed by atoms with van der Waals surface area (Å²) in [6.07, 6.45) is 2.08. The van der Waals surface area contributed by atoms with Crippen LogP contribution in [0.15, 0.2) is 0 Å². The number of rotatable bonds is 4. The fourth-order valence-corrected chi connectivity index (χ4v) is 2.33. The molecule has 1 amide bonds. The van der Waals surface area contributed by atoms with Crippen LogP contribution in [0, 0.1) is 5.92 Å². The van der Waals surface area contributed by atoms with Crippen LogP contribution in [0.25, 0.3) is 0 Å². The molecule has 1 aliphatic rings. The fraction of sp³-hybridized carbons (Fsp3) is 0.833. The highest BCUT2D eigenvalue weighted by atomic mass is 32.1. The van der Waals surface area contributed by atoms with Crippen LogP contribution in [0.4, 0.5) is 0 Å². The van der Waals surface area contributed by atoms with E-state index in [1.807, 2.05) is 11.9 Å². The van der Waals surface area contributed by atoms with Gasteiger partial charge in [-0.15, -0.1) is 0 Å². The van der Waals surface area contributed by atoms with Crippen molar-refractivity contribution in [2.75, 3.05) is 26.7 Å². The number of carbonyl (C=O) groups is 1. The van der Waals surface area contributed by atoms with Crippen LogP contribution >= 0.6 is 12.2 Å². The number of nitrogens with two attached hydrogens (primary N) is 1. The second-order valence-electron chi connectivity index (χ2n) is 4.74. The van der Waals surface area contributed by atoms with E-state index in [9.17, 15) is 4.79 Å². The first-order valence-electron chi connectivity index (χ1n) is 6.25. The van der Waals surface area contributed by atoms with Crippen molar-refractivity contribution in [3.63, 3.8) is 0 Å². The maximum atomic E-state index is 12.1. The average molecular weight is 257 g/mol. The summed E-state index contributed by atoms with van der Waals surface area (Å²) in [5.41, 5.74) is 5.52. The third-order valence-corrected chi connectivity index (χ3v) is 4.05. The first-order valence-corrected chi connectivity index (χ1v) is 6.66. The lowest BCUT2D eigenvalue weighted by Gasteiger charge is -2.37. The molecule has 1 rings (SSSR count). The number of hydrogen-bond acceptors (Lipinski definition) is 3. The molecule has 1 heterocycles. The Labute approximate surface area is 109 Å². The van der Waals surface area contributed by atoms with Gasteiger partial charge in [-0.2, -0.15) is 0 Å². The van der Waals surface area contributed by atoms with E-state index in [0.717, 1.165) is 32.5 Å². The van der Waals surface area contributed by atoms with Gasteiger partial charge < -0.3 is 15.5 Å². The third-order valence-electron chi connectivity index (χ3n) is 3.70. The zero-order valence-electron chi connectivity index (χ0n) is 11.0. The molecule has 0 saturated carbocycles. The molecule has 2 N–H and O–H groups in total. The Morgan fingerprint density at radius 1 is 1.53 bits per heavy atom. The molecule has 4 nitrogen and oxygen atoms in total. The van der Waals surface area contributed by atoms with Crippen LogP contribution in [0.5, 0.6) is 0 Å². The summed E-state index contributed by atoms with van der Waals surface area (Å²) in [6, 6.07) is 0.335. The van der Waals surface area contributed by atoms with Crippen LogP contribution in [0.3, 0.4) is 0 Å². The van der Waals surface area contributed by atoms with Crippen molar-refractivity contribution in [2.45, 2.75) is 32.7 Å². The number of piperidine rings is 1. The van der Waals surface area contributed by atoms with Crippen molar-refractivity contribution < 1.29 is 4.79 Å². The van der Waals surface area contributed by atoms with Crippen LogP contribution < -0.4 is 5.73 Å². The normalized spacial score (nSPS) is 19.9. The fourth-order valence-electron chi connectivity index (χ4n) is 2.23. The highest BCUT2D eigenvalue weighted by Gasteiger charge is 2.28. The Kier molecular flexibility index (Phi) is 5.33. The molecule has 0 radical (unpaired) electrons. The summed E-state index contributed by atoms with van der Waals surface area (Å²) in [5, 5.41) is 0. The highest BCUT2D eigenvalue weighted by molar-refractivity contribution is 7.80. The minimum absolute atomic E-state index is 0.0486. The van der Waals surface area contributed by atoms with Crippen LogP contribution in [0.2, 0.25) is 0 Å². The highest BCUT2D eigenvalue weighted by Crippen LogP contribution is 2.17. The molecule has 0 spiro atoms. The van der Waals surface area contributed by atoms with E-state index in [0.29, 0.717) is 6.04 Å². The standard InChI is InChI=1S/C12H23N3OS/c1-4-15-7-5-10(6-8-15)14(3)12(16)9(2)11(13)17/h9-10H,4-8H2,1-3H3,(H2,13,17). The Bertz CT molecular complexity index is 287. The Balaban J connectivity index is 2.51. The van der Waals surface area contributed by atoms with E-state index < -0.39 is 0 Å². The second-order valence-corrected chi connectivity index (χ2v) is 5.21. The zero-order valence-corrected chi connectivity index (χ0v) is 11.8. The van der Waals surface area contributed by atoms with Gasteiger partial charge in [-0.1, -0.05) is 19.1 Å². The molecule has 0 aromatic heterocycles. The first-order chi connectivity index (χ1) is 7.97. The number of hydrogen-bond donors (Lipinski definition) is 1. The van der Waals surface area contributed by atoms with Crippen LogP contribution in [0.1, 0.15) is 26.7 Å². The quantitative estimate of drug-likeness (QED) is 0.759. The smallest absolute Gasteiger partial charge is 0.232 e. The lowest BCUT2D eigenvalue weighted by molar-refractivity contribution is -0.134. The van der Waals surface area contributed by atoms with E-state index in [1.165, 1.54) is 0 Å². The third kappa shape index (κ3) is 3.64. The Morgan fingerprint density at radius 2 is 2.06 bits per heavy atom. The number of thiocarbonyl (C=S) groups is 1. The monoisotopic (exact) mass is 257 g/mol. The molecule has 0 aromatic rings.